The van der Waals surface area contributed by atoms with Crippen LogP contribution in [0.15, 0.2) is 54.7 Å². The van der Waals surface area contributed by atoms with Gasteiger partial charge in [-0.1, -0.05) is 86.8 Å². The highest BCUT2D eigenvalue weighted by Gasteiger charge is 1.90. The van der Waals surface area contributed by atoms with E-state index in [1.54, 1.807) is 0 Å². The van der Waals surface area contributed by atoms with E-state index >= 15 is 0 Å². The van der Waals surface area contributed by atoms with Gasteiger partial charge in [-0.15, -0.1) is 0 Å². The highest BCUT2D eigenvalue weighted by molar-refractivity contribution is 5.17. The first-order valence-electron chi connectivity index (χ1n) is 7.72. The Morgan fingerprint density at radius 3 is 1.89 bits per heavy atom. The van der Waals surface area contributed by atoms with Gasteiger partial charge < -0.3 is 0 Å². The zero-order chi connectivity index (χ0) is 13.4. The number of hydrogen-bond donors (Lipinski definition) is 0. The van der Waals surface area contributed by atoms with E-state index in [0.29, 0.717) is 0 Å². The van der Waals surface area contributed by atoms with E-state index in [0.717, 1.165) is 6.42 Å². The van der Waals surface area contributed by atoms with Crippen molar-refractivity contribution in [3.05, 3.63) is 60.8 Å². The average Bonchev–Trinajstić information content (AvgIpc) is 2.43. The largest absolute Gasteiger partial charge is 0.0845 e. The van der Waals surface area contributed by atoms with Crippen LogP contribution in [0.2, 0.25) is 0 Å². The van der Waals surface area contributed by atoms with E-state index in [9.17, 15) is 0 Å². The van der Waals surface area contributed by atoms with Crippen LogP contribution in [0.1, 0.15) is 57.8 Å². The molecule has 1 aliphatic carbocycles. The molecular formula is C19H27. The Balaban J connectivity index is 2.33. The van der Waals surface area contributed by atoms with E-state index in [4.69, 9.17) is 0 Å². The molecule has 0 saturated heterocycles. The van der Waals surface area contributed by atoms with E-state index in [1.165, 1.54) is 51.4 Å². The summed E-state index contributed by atoms with van der Waals surface area (Å²) < 4.78 is 0. The standard InChI is InChI=1S/C19H27/c1-2-4-6-8-10-12-14-16-18-19-17-15-13-11-9-7-5-3-1/h1-9H,10,12-19H2/b3-1+,4-2-,7-5+,8-6+,11-9?. The molecule has 0 amide bonds. The topological polar surface area (TPSA) is 0 Å². The molecule has 0 bridgehead atoms. The lowest BCUT2D eigenvalue weighted by molar-refractivity contribution is 0.582. The normalized spacial score (nSPS) is 28.2. The maximum Gasteiger partial charge on any atom is -0.0276 e. The molecule has 0 atom stereocenters. The Hall–Kier alpha value is -1.30. The van der Waals surface area contributed by atoms with Crippen LogP contribution < -0.4 is 0 Å². The molecular weight excluding hydrogens is 228 g/mol. The molecule has 103 valence electrons. The van der Waals surface area contributed by atoms with Crippen LogP contribution in [0.25, 0.3) is 0 Å². The lowest BCUT2D eigenvalue weighted by Gasteiger charge is -1.99. The fourth-order valence-electron chi connectivity index (χ4n) is 2.08. The first-order chi connectivity index (χ1) is 9.50. The first-order valence-corrected chi connectivity index (χ1v) is 7.72. The van der Waals surface area contributed by atoms with Gasteiger partial charge in [0.1, 0.15) is 0 Å². The predicted octanol–water partition coefficient (Wildman–Crippen LogP) is 6.10. The zero-order valence-corrected chi connectivity index (χ0v) is 12.1. The summed E-state index contributed by atoms with van der Waals surface area (Å²) in [5.74, 6) is 0. The molecule has 0 fully saturated rings. The minimum Gasteiger partial charge on any atom is -0.0845 e. The van der Waals surface area contributed by atoms with E-state index in [-0.39, 0.29) is 0 Å². The van der Waals surface area contributed by atoms with Crippen LogP contribution in [0.4, 0.5) is 0 Å². The maximum atomic E-state index is 3.32. The summed E-state index contributed by atoms with van der Waals surface area (Å²) >= 11 is 0. The van der Waals surface area contributed by atoms with Crippen molar-refractivity contribution in [3.8, 4) is 0 Å². The fraction of sp³-hybridized carbons (Fsp3) is 0.474. The third kappa shape index (κ3) is 11.5. The first kappa shape index (κ1) is 15.8. The molecule has 0 aromatic heterocycles. The Morgan fingerprint density at radius 1 is 0.526 bits per heavy atom. The van der Waals surface area contributed by atoms with Gasteiger partial charge in [0.15, 0.2) is 0 Å². The SMILES string of the molecule is [C]1=C/C=C/C=C/C=C\C=C\CCCCCCCCC/1. The summed E-state index contributed by atoms with van der Waals surface area (Å²) in [5, 5.41) is 0. The second-order valence-electron chi connectivity index (χ2n) is 4.97. The summed E-state index contributed by atoms with van der Waals surface area (Å²) in [6, 6.07) is 0. The number of hydrogen-bond acceptors (Lipinski definition) is 0. The quantitative estimate of drug-likeness (QED) is 0.491. The van der Waals surface area contributed by atoms with Crippen molar-refractivity contribution in [1.82, 2.24) is 0 Å². The smallest absolute Gasteiger partial charge is 0.0276 e. The van der Waals surface area contributed by atoms with E-state index in [2.05, 4.69) is 48.6 Å². The Bertz CT molecular complexity index is 294. The lowest BCUT2D eigenvalue weighted by atomic mass is 10.1. The van der Waals surface area contributed by atoms with Gasteiger partial charge in [0, 0.05) is 0 Å². The fourth-order valence-corrected chi connectivity index (χ4v) is 2.08. The number of allylic oxidation sites excluding steroid dienone is 10. The van der Waals surface area contributed by atoms with Crippen LogP contribution in [0.3, 0.4) is 0 Å². The minimum absolute atomic E-state index is 1.10. The van der Waals surface area contributed by atoms with Crippen molar-refractivity contribution in [1.29, 1.82) is 0 Å². The summed E-state index contributed by atoms with van der Waals surface area (Å²) in [6.45, 7) is 0. The van der Waals surface area contributed by atoms with Gasteiger partial charge in [-0.05, 0) is 31.8 Å². The van der Waals surface area contributed by atoms with Crippen molar-refractivity contribution in [3.63, 3.8) is 0 Å². The second-order valence-corrected chi connectivity index (χ2v) is 4.97. The average molecular weight is 255 g/mol. The van der Waals surface area contributed by atoms with Gasteiger partial charge in [-0.2, -0.15) is 0 Å². The molecule has 0 spiro atoms. The Labute approximate surface area is 119 Å². The van der Waals surface area contributed by atoms with Crippen LogP contribution >= 0.6 is 0 Å². The molecule has 0 saturated carbocycles. The molecule has 1 radical (unpaired) electrons. The van der Waals surface area contributed by atoms with Crippen molar-refractivity contribution in [2.45, 2.75) is 57.8 Å². The summed E-state index contributed by atoms with van der Waals surface area (Å²) in [5.41, 5.74) is 0. The third-order valence-corrected chi connectivity index (χ3v) is 3.21. The van der Waals surface area contributed by atoms with Crippen LogP contribution in [-0.4, -0.2) is 0 Å². The van der Waals surface area contributed by atoms with E-state index < -0.39 is 0 Å². The van der Waals surface area contributed by atoms with Crippen molar-refractivity contribution in [2.24, 2.45) is 0 Å². The molecule has 1 rings (SSSR count). The molecule has 0 N–H and O–H groups in total. The summed E-state index contributed by atoms with van der Waals surface area (Å²) in [6.07, 6.45) is 34.0. The molecule has 0 aromatic carbocycles. The highest BCUT2D eigenvalue weighted by atomic mass is 14.0. The molecule has 0 nitrogen and oxygen atoms in total. The van der Waals surface area contributed by atoms with Gasteiger partial charge in [0.2, 0.25) is 0 Å². The van der Waals surface area contributed by atoms with Gasteiger partial charge >= 0.3 is 0 Å². The van der Waals surface area contributed by atoms with Gasteiger partial charge in [-0.25, -0.2) is 0 Å². The minimum atomic E-state index is 1.10. The third-order valence-electron chi connectivity index (χ3n) is 3.21. The number of rotatable bonds is 0. The molecule has 0 unspecified atom stereocenters. The molecule has 0 aliphatic heterocycles. The van der Waals surface area contributed by atoms with Crippen molar-refractivity contribution in [2.75, 3.05) is 0 Å². The Kier molecular flexibility index (Phi) is 10.9. The molecule has 0 heteroatoms. The van der Waals surface area contributed by atoms with Gasteiger partial charge in [0.25, 0.3) is 0 Å². The molecule has 0 heterocycles. The molecule has 0 aromatic rings. The monoisotopic (exact) mass is 255 g/mol. The van der Waals surface area contributed by atoms with Crippen molar-refractivity contribution < 1.29 is 0 Å². The van der Waals surface area contributed by atoms with Crippen LogP contribution in [-0.2, 0) is 0 Å². The molecule has 19 heavy (non-hydrogen) atoms. The lowest BCUT2D eigenvalue weighted by Crippen LogP contribution is -1.80. The summed E-state index contributed by atoms with van der Waals surface area (Å²) in [7, 11) is 0. The Morgan fingerprint density at radius 2 is 1.11 bits per heavy atom. The van der Waals surface area contributed by atoms with Crippen molar-refractivity contribution >= 4 is 0 Å². The van der Waals surface area contributed by atoms with Gasteiger partial charge in [-0.3, -0.25) is 0 Å². The molecule has 1 aliphatic rings. The van der Waals surface area contributed by atoms with Crippen LogP contribution in [0, 0.1) is 6.08 Å². The zero-order valence-electron chi connectivity index (χ0n) is 12.1. The highest BCUT2D eigenvalue weighted by Crippen LogP contribution is 2.10. The predicted molar refractivity (Wildman–Crippen MR) is 85.9 cm³/mol. The van der Waals surface area contributed by atoms with Gasteiger partial charge in [0.05, 0.1) is 0 Å². The maximum absolute atomic E-state index is 3.32. The van der Waals surface area contributed by atoms with E-state index in [1.807, 2.05) is 12.2 Å². The second kappa shape index (κ2) is 13.1. The summed E-state index contributed by atoms with van der Waals surface area (Å²) in [4.78, 5) is 0. The van der Waals surface area contributed by atoms with Crippen LogP contribution in [0.5, 0.6) is 0 Å².